The molecule has 112 valence electrons. The summed E-state index contributed by atoms with van der Waals surface area (Å²) in [4.78, 5) is 9.04. The summed E-state index contributed by atoms with van der Waals surface area (Å²) >= 11 is 0. The minimum absolute atomic E-state index is 0.375. The van der Waals surface area contributed by atoms with Crippen molar-refractivity contribution in [2.75, 3.05) is 11.9 Å². The van der Waals surface area contributed by atoms with Gasteiger partial charge in [0.1, 0.15) is 12.1 Å². The van der Waals surface area contributed by atoms with Crippen LogP contribution in [0.3, 0.4) is 0 Å². The molecule has 0 unspecified atom stereocenters. The predicted octanol–water partition coefficient (Wildman–Crippen LogP) is 4.71. The van der Waals surface area contributed by atoms with Crippen molar-refractivity contribution in [3.8, 4) is 11.3 Å². The van der Waals surface area contributed by atoms with Gasteiger partial charge in [-0.15, -0.1) is 0 Å². The first-order chi connectivity index (χ1) is 10.1. The number of nitrogens with one attached hydrogen (secondary N) is 1. The monoisotopic (exact) mass is 283 g/mol. The molecular weight excluding hydrogens is 258 g/mol. The second-order valence-electron chi connectivity index (χ2n) is 5.81. The van der Waals surface area contributed by atoms with Crippen molar-refractivity contribution >= 4 is 5.82 Å². The molecule has 1 aromatic heterocycles. The number of nitrogens with zero attached hydrogens (tertiary/aromatic N) is 2. The Hall–Kier alpha value is -1.90. The number of hydrogen-bond acceptors (Lipinski definition) is 3. The summed E-state index contributed by atoms with van der Waals surface area (Å²) in [6.07, 6.45) is 2.75. The van der Waals surface area contributed by atoms with E-state index in [-0.39, 0.29) is 0 Å². The van der Waals surface area contributed by atoms with Crippen LogP contribution in [0, 0.1) is 13.8 Å². The van der Waals surface area contributed by atoms with Crippen molar-refractivity contribution in [2.24, 2.45) is 0 Å². The van der Waals surface area contributed by atoms with Crippen LogP contribution >= 0.6 is 0 Å². The Bertz CT molecular complexity index is 618. The van der Waals surface area contributed by atoms with E-state index in [2.05, 4.69) is 68.1 Å². The minimum Gasteiger partial charge on any atom is -0.370 e. The van der Waals surface area contributed by atoms with Crippen LogP contribution in [0.4, 0.5) is 5.82 Å². The lowest BCUT2D eigenvalue weighted by atomic mass is 9.93. The van der Waals surface area contributed by atoms with Crippen molar-refractivity contribution in [1.82, 2.24) is 9.97 Å². The van der Waals surface area contributed by atoms with Crippen molar-refractivity contribution < 1.29 is 0 Å². The molecule has 0 aliphatic rings. The average Bonchev–Trinajstić information content (AvgIpc) is 2.47. The van der Waals surface area contributed by atoms with E-state index < -0.39 is 0 Å². The standard InChI is InChI=1S/C18H25N3/c1-6-10-19-18-16(12(2)3)17(20-11-21-18)15-9-7-8-13(4)14(15)5/h7-9,11-12H,6,10H2,1-5H3,(H,19,20,21). The zero-order valence-electron chi connectivity index (χ0n) is 13.7. The third-order valence-electron chi connectivity index (χ3n) is 3.86. The SMILES string of the molecule is CCCNc1ncnc(-c2cccc(C)c2C)c1C(C)C. The van der Waals surface area contributed by atoms with E-state index in [9.17, 15) is 0 Å². The van der Waals surface area contributed by atoms with Crippen LogP contribution in [0.25, 0.3) is 11.3 Å². The summed E-state index contributed by atoms with van der Waals surface area (Å²) in [5.41, 5.74) is 6.06. The molecule has 1 aromatic carbocycles. The summed E-state index contributed by atoms with van der Waals surface area (Å²) in [6, 6.07) is 6.40. The largest absolute Gasteiger partial charge is 0.370 e. The Morgan fingerprint density at radius 3 is 2.57 bits per heavy atom. The molecule has 1 heterocycles. The highest BCUT2D eigenvalue weighted by Gasteiger charge is 2.17. The van der Waals surface area contributed by atoms with Gasteiger partial charge in [0.25, 0.3) is 0 Å². The quantitative estimate of drug-likeness (QED) is 0.863. The summed E-state index contributed by atoms with van der Waals surface area (Å²) in [6.45, 7) is 11.8. The molecule has 0 saturated carbocycles. The number of aryl methyl sites for hydroxylation is 1. The predicted molar refractivity (Wildman–Crippen MR) is 89.8 cm³/mol. The molecule has 0 aliphatic heterocycles. The maximum absolute atomic E-state index is 4.59. The first-order valence-electron chi connectivity index (χ1n) is 7.71. The first-order valence-corrected chi connectivity index (χ1v) is 7.71. The van der Waals surface area contributed by atoms with Gasteiger partial charge in [0.2, 0.25) is 0 Å². The lowest BCUT2D eigenvalue weighted by Crippen LogP contribution is -2.09. The van der Waals surface area contributed by atoms with Crippen LogP contribution in [0.15, 0.2) is 24.5 Å². The van der Waals surface area contributed by atoms with Crippen LogP contribution in [0.5, 0.6) is 0 Å². The molecule has 3 nitrogen and oxygen atoms in total. The average molecular weight is 283 g/mol. The van der Waals surface area contributed by atoms with Crippen LogP contribution in [-0.2, 0) is 0 Å². The van der Waals surface area contributed by atoms with Gasteiger partial charge in [0.05, 0.1) is 5.69 Å². The van der Waals surface area contributed by atoms with E-state index in [1.165, 1.54) is 22.3 Å². The summed E-state index contributed by atoms with van der Waals surface area (Å²) in [5.74, 6) is 1.35. The van der Waals surface area contributed by atoms with Crippen LogP contribution in [0.2, 0.25) is 0 Å². The van der Waals surface area contributed by atoms with E-state index in [0.29, 0.717) is 5.92 Å². The molecule has 0 radical (unpaired) electrons. The summed E-state index contributed by atoms with van der Waals surface area (Å²) < 4.78 is 0. The highest BCUT2D eigenvalue weighted by Crippen LogP contribution is 2.34. The third kappa shape index (κ3) is 3.23. The second-order valence-corrected chi connectivity index (χ2v) is 5.81. The Morgan fingerprint density at radius 1 is 1.14 bits per heavy atom. The van der Waals surface area contributed by atoms with Crippen molar-refractivity contribution in [1.29, 1.82) is 0 Å². The van der Waals surface area contributed by atoms with Gasteiger partial charge >= 0.3 is 0 Å². The molecule has 2 rings (SSSR count). The molecule has 21 heavy (non-hydrogen) atoms. The molecule has 0 aliphatic carbocycles. The van der Waals surface area contributed by atoms with Crippen LogP contribution < -0.4 is 5.32 Å². The first kappa shape index (κ1) is 15.5. The fraction of sp³-hybridized carbons (Fsp3) is 0.444. The van der Waals surface area contributed by atoms with E-state index in [4.69, 9.17) is 0 Å². The molecule has 0 saturated heterocycles. The highest BCUT2D eigenvalue weighted by molar-refractivity contribution is 5.72. The van der Waals surface area contributed by atoms with Gasteiger partial charge in [-0.3, -0.25) is 0 Å². The zero-order valence-corrected chi connectivity index (χ0v) is 13.7. The molecule has 3 heteroatoms. The lowest BCUT2D eigenvalue weighted by Gasteiger charge is -2.18. The van der Waals surface area contributed by atoms with E-state index >= 15 is 0 Å². The summed E-state index contributed by atoms with van der Waals surface area (Å²) in [7, 11) is 0. The number of aromatic nitrogens is 2. The molecule has 0 fully saturated rings. The Morgan fingerprint density at radius 2 is 1.90 bits per heavy atom. The van der Waals surface area contributed by atoms with Gasteiger partial charge < -0.3 is 5.32 Å². The molecule has 1 N–H and O–H groups in total. The Labute approximate surface area is 127 Å². The Balaban J connectivity index is 2.60. The van der Waals surface area contributed by atoms with Crippen LogP contribution in [-0.4, -0.2) is 16.5 Å². The zero-order chi connectivity index (χ0) is 15.4. The maximum Gasteiger partial charge on any atom is 0.133 e. The second kappa shape index (κ2) is 6.70. The number of rotatable bonds is 5. The number of anilines is 1. The van der Waals surface area contributed by atoms with Gasteiger partial charge in [-0.2, -0.15) is 0 Å². The minimum atomic E-state index is 0.375. The van der Waals surface area contributed by atoms with E-state index in [0.717, 1.165) is 24.5 Å². The molecule has 2 aromatic rings. The smallest absolute Gasteiger partial charge is 0.133 e. The van der Waals surface area contributed by atoms with Gasteiger partial charge in [0, 0.05) is 17.7 Å². The Kier molecular flexibility index (Phi) is 4.94. The number of hydrogen-bond donors (Lipinski definition) is 1. The van der Waals surface area contributed by atoms with Gasteiger partial charge in [-0.05, 0) is 37.3 Å². The fourth-order valence-electron chi connectivity index (χ4n) is 2.55. The number of benzene rings is 1. The van der Waals surface area contributed by atoms with Gasteiger partial charge in [-0.25, -0.2) is 9.97 Å². The molecule has 0 spiro atoms. The van der Waals surface area contributed by atoms with Gasteiger partial charge in [-0.1, -0.05) is 39.0 Å². The van der Waals surface area contributed by atoms with Crippen LogP contribution in [0.1, 0.15) is 49.8 Å². The van der Waals surface area contributed by atoms with Crippen molar-refractivity contribution in [2.45, 2.75) is 47.0 Å². The normalized spacial score (nSPS) is 11.0. The lowest BCUT2D eigenvalue weighted by molar-refractivity contribution is 0.843. The molecular formula is C18H25N3. The van der Waals surface area contributed by atoms with Crippen molar-refractivity contribution in [3.05, 3.63) is 41.2 Å². The van der Waals surface area contributed by atoms with Crippen molar-refractivity contribution in [3.63, 3.8) is 0 Å². The topological polar surface area (TPSA) is 37.8 Å². The molecule has 0 amide bonds. The van der Waals surface area contributed by atoms with E-state index in [1.807, 2.05) is 0 Å². The third-order valence-corrected chi connectivity index (χ3v) is 3.86. The summed E-state index contributed by atoms with van der Waals surface area (Å²) in [5, 5.41) is 3.44. The van der Waals surface area contributed by atoms with E-state index in [1.54, 1.807) is 6.33 Å². The fourth-order valence-corrected chi connectivity index (χ4v) is 2.55. The maximum atomic E-state index is 4.59. The molecule has 0 atom stereocenters. The molecule has 0 bridgehead atoms. The van der Waals surface area contributed by atoms with Gasteiger partial charge in [0.15, 0.2) is 0 Å². The highest BCUT2D eigenvalue weighted by atomic mass is 15.0.